The predicted octanol–water partition coefficient (Wildman–Crippen LogP) is 4.27. The SMILES string of the molecule is CCC(NC(=O)C=Cc1ccccc1F)c1ccc2c(c1)OCCCO2. The maximum atomic E-state index is 13.6. The molecule has 2 aromatic carbocycles. The summed E-state index contributed by atoms with van der Waals surface area (Å²) in [5.74, 6) is 0.806. The smallest absolute Gasteiger partial charge is 0.244 e. The van der Waals surface area contributed by atoms with Crippen LogP contribution < -0.4 is 14.8 Å². The molecule has 26 heavy (non-hydrogen) atoms. The van der Waals surface area contributed by atoms with Gasteiger partial charge in [-0.3, -0.25) is 4.79 Å². The van der Waals surface area contributed by atoms with Crippen LogP contribution in [0.2, 0.25) is 0 Å². The Hall–Kier alpha value is -2.82. The van der Waals surface area contributed by atoms with E-state index in [9.17, 15) is 9.18 Å². The van der Waals surface area contributed by atoms with Crippen LogP contribution in [0.1, 0.15) is 36.9 Å². The van der Waals surface area contributed by atoms with Crippen LogP contribution in [0.15, 0.2) is 48.5 Å². The van der Waals surface area contributed by atoms with Gasteiger partial charge in [0.25, 0.3) is 0 Å². The van der Waals surface area contributed by atoms with Gasteiger partial charge >= 0.3 is 0 Å². The van der Waals surface area contributed by atoms with Gasteiger partial charge in [-0.25, -0.2) is 4.39 Å². The number of hydrogen-bond acceptors (Lipinski definition) is 3. The lowest BCUT2D eigenvalue weighted by Crippen LogP contribution is -2.26. The van der Waals surface area contributed by atoms with Crippen molar-refractivity contribution in [1.82, 2.24) is 5.32 Å². The van der Waals surface area contributed by atoms with Crippen LogP contribution in [0.3, 0.4) is 0 Å². The van der Waals surface area contributed by atoms with E-state index in [2.05, 4.69) is 5.32 Å². The molecule has 0 spiro atoms. The first-order valence-corrected chi connectivity index (χ1v) is 8.80. The number of benzene rings is 2. The number of halogens is 1. The molecule has 0 saturated heterocycles. The summed E-state index contributed by atoms with van der Waals surface area (Å²) in [6.07, 6.45) is 4.40. The largest absolute Gasteiger partial charge is 0.490 e. The van der Waals surface area contributed by atoms with Gasteiger partial charge in [-0.05, 0) is 36.3 Å². The second-order valence-corrected chi connectivity index (χ2v) is 6.08. The minimum atomic E-state index is -0.355. The molecular formula is C21H22FNO3. The Morgan fingerprint density at radius 1 is 1.19 bits per heavy atom. The molecule has 1 aliphatic heterocycles. The van der Waals surface area contributed by atoms with Crippen molar-refractivity contribution in [1.29, 1.82) is 0 Å². The number of carbonyl (C=O) groups is 1. The van der Waals surface area contributed by atoms with E-state index in [1.807, 2.05) is 25.1 Å². The zero-order valence-corrected chi connectivity index (χ0v) is 14.7. The zero-order chi connectivity index (χ0) is 18.4. The maximum Gasteiger partial charge on any atom is 0.244 e. The van der Waals surface area contributed by atoms with E-state index in [1.54, 1.807) is 18.2 Å². The molecule has 1 atom stereocenters. The van der Waals surface area contributed by atoms with E-state index >= 15 is 0 Å². The van der Waals surface area contributed by atoms with Gasteiger partial charge in [0.15, 0.2) is 11.5 Å². The van der Waals surface area contributed by atoms with Crippen molar-refractivity contribution in [3.8, 4) is 11.5 Å². The van der Waals surface area contributed by atoms with Gasteiger partial charge in [0, 0.05) is 18.1 Å². The molecule has 0 fully saturated rings. The van der Waals surface area contributed by atoms with Crippen molar-refractivity contribution in [2.75, 3.05) is 13.2 Å². The Bertz CT molecular complexity index is 804. The molecule has 0 bridgehead atoms. The lowest BCUT2D eigenvalue weighted by Gasteiger charge is -2.18. The minimum Gasteiger partial charge on any atom is -0.490 e. The number of amides is 1. The number of rotatable bonds is 5. The summed E-state index contributed by atoms with van der Waals surface area (Å²) in [6.45, 7) is 3.25. The Morgan fingerprint density at radius 2 is 1.96 bits per heavy atom. The van der Waals surface area contributed by atoms with Crippen molar-refractivity contribution in [2.24, 2.45) is 0 Å². The molecule has 1 unspecified atom stereocenters. The quantitative estimate of drug-likeness (QED) is 0.815. The van der Waals surface area contributed by atoms with Crippen LogP contribution in [-0.4, -0.2) is 19.1 Å². The van der Waals surface area contributed by atoms with Gasteiger partial charge in [-0.15, -0.1) is 0 Å². The molecule has 2 aromatic rings. The lowest BCUT2D eigenvalue weighted by atomic mass is 10.0. The van der Waals surface area contributed by atoms with Crippen LogP contribution in [-0.2, 0) is 4.79 Å². The minimum absolute atomic E-state index is 0.162. The molecule has 1 N–H and O–H groups in total. The van der Waals surface area contributed by atoms with Crippen molar-refractivity contribution in [3.05, 3.63) is 65.5 Å². The number of hydrogen-bond donors (Lipinski definition) is 1. The van der Waals surface area contributed by atoms with Gasteiger partial charge in [-0.2, -0.15) is 0 Å². The Labute approximate surface area is 152 Å². The highest BCUT2D eigenvalue weighted by molar-refractivity contribution is 5.92. The van der Waals surface area contributed by atoms with E-state index in [0.717, 1.165) is 24.2 Å². The summed E-state index contributed by atoms with van der Waals surface area (Å²) in [5.41, 5.74) is 1.33. The Morgan fingerprint density at radius 3 is 2.73 bits per heavy atom. The molecule has 136 valence electrons. The van der Waals surface area contributed by atoms with E-state index in [4.69, 9.17) is 9.47 Å². The first-order valence-electron chi connectivity index (χ1n) is 8.80. The molecule has 3 rings (SSSR count). The van der Waals surface area contributed by atoms with Gasteiger partial charge < -0.3 is 14.8 Å². The average molecular weight is 355 g/mol. The van der Waals surface area contributed by atoms with Gasteiger partial charge in [-0.1, -0.05) is 31.2 Å². The summed E-state index contributed by atoms with van der Waals surface area (Å²) in [7, 11) is 0. The Kier molecular flexibility index (Phi) is 5.89. The number of nitrogens with one attached hydrogen (secondary N) is 1. The summed E-state index contributed by atoms with van der Waals surface area (Å²) >= 11 is 0. The topological polar surface area (TPSA) is 47.6 Å². The molecular weight excluding hydrogens is 333 g/mol. The van der Waals surface area contributed by atoms with Crippen LogP contribution in [0.25, 0.3) is 6.08 Å². The lowest BCUT2D eigenvalue weighted by molar-refractivity contribution is -0.117. The van der Waals surface area contributed by atoms with Crippen LogP contribution in [0.5, 0.6) is 11.5 Å². The summed E-state index contributed by atoms with van der Waals surface area (Å²) in [6, 6.07) is 11.9. The molecule has 0 aliphatic carbocycles. The van der Waals surface area contributed by atoms with Crippen LogP contribution >= 0.6 is 0 Å². The third-order valence-electron chi connectivity index (χ3n) is 4.22. The molecule has 5 heteroatoms. The van der Waals surface area contributed by atoms with E-state index < -0.39 is 0 Å². The number of fused-ring (bicyclic) bond motifs is 1. The van der Waals surface area contributed by atoms with Gasteiger partial charge in [0.05, 0.1) is 19.3 Å². The number of carbonyl (C=O) groups excluding carboxylic acids is 1. The molecule has 0 aromatic heterocycles. The van der Waals surface area contributed by atoms with Crippen molar-refractivity contribution in [3.63, 3.8) is 0 Å². The first-order chi connectivity index (χ1) is 12.7. The maximum absolute atomic E-state index is 13.6. The fraction of sp³-hybridized carbons (Fsp3) is 0.286. The fourth-order valence-corrected chi connectivity index (χ4v) is 2.81. The highest BCUT2D eigenvalue weighted by atomic mass is 19.1. The molecule has 0 radical (unpaired) electrons. The van der Waals surface area contributed by atoms with Gasteiger partial charge in [0.1, 0.15) is 5.82 Å². The van der Waals surface area contributed by atoms with Crippen molar-refractivity contribution < 1.29 is 18.7 Å². The summed E-state index contributed by atoms with van der Waals surface area (Å²) < 4.78 is 25.0. The third kappa shape index (κ3) is 4.42. The van der Waals surface area contributed by atoms with E-state index in [0.29, 0.717) is 24.5 Å². The zero-order valence-electron chi connectivity index (χ0n) is 14.7. The Balaban J connectivity index is 1.70. The fourth-order valence-electron chi connectivity index (χ4n) is 2.81. The van der Waals surface area contributed by atoms with E-state index in [-0.39, 0.29) is 17.8 Å². The van der Waals surface area contributed by atoms with Crippen molar-refractivity contribution in [2.45, 2.75) is 25.8 Å². The van der Waals surface area contributed by atoms with Crippen LogP contribution in [0.4, 0.5) is 4.39 Å². The molecule has 1 amide bonds. The third-order valence-corrected chi connectivity index (χ3v) is 4.22. The predicted molar refractivity (Wildman–Crippen MR) is 98.7 cm³/mol. The van der Waals surface area contributed by atoms with Gasteiger partial charge in [0.2, 0.25) is 5.91 Å². The monoisotopic (exact) mass is 355 g/mol. The normalized spacial score (nSPS) is 14.7. The standard InChI is InChI=1S/C21H22FNO3/c1-2-18(16-8-10-19-20(14-16)26-13-5-12-25-19)23-21(24)11-9-15-6-3-4-7-17(15)22/h3-4,6-11,14,18H,2,5,12-13H2,1H3,(H,23,24). The highest BCUT2D eigenvalue weighted by Crippen LogP contribution is 2.33. The summed E-state index contributed by atoms with van der Waals surface area (Å²) in [4.78, 5) is 12.2. The average Bonchev–Trinajstić information content (AvgIpc) is 2.90. The van der Waals surface area contributed by atoms with Crippen molar-refractivity contribution >= 4 is 12.0 Å². The highest BCUT2D eigenvalue weighted by Gasteiger charge is 2.16. The van der Waals surface area contributed by atoms with E-state index in [1.165, 1.54) is 18.2 Å². The second-order valence-electron chi connectivity index (χ2n) is 6.08. The molecule has 1 heterocycles. The van der Waals surface area contributed by atoms with Crippen LogP contribution in [0, 0.1) is 5.82 Å². The molecule has 1 aliphatic rings. The molecule has 0 saturated carbocycles. The second kappa shape index (κ2) is 8.52. The summed E-state index contributed by atoms with van der Waals surface area (Å²) in [5, 5.41) is 2.95. The first kappa shape index (κ1) is 18.0. The number of ether oxygens (including phenoxy) is 2. The molecule has 4 nitrogen and oxygen atoms in total.